The van der Waals surface area contributed by atoms with Crippen molar-refractivity contribution in [3.05, 3.63) is 66.5 Å². The molecule has 108 valence electrons. The maximum absolute atomic E-state index is 11.4. The molecule has 3 rings (SSSR count). The molecule has 0 amide bonds. The van der Waals surface area contributed by atoms with Gasteiger partial charge < -0.3 is 9.97 Å². The normalized spacial score (nSPS) is 12.8. The molecule has 0 saturated heterocycles. The first-order valence-corrected chi connectivity index (χ1v) is 8.29. The van der Waals surface area contributed by atoms with Gasteiger partial charge in [-0.1, -0.05) is 49.6 Å². The number of imidazole rings is 1. The van der Waals surface area contributed by atoms with E-state index in [4.69, 9.17) is 11.6 Å². The second kappa shape index (κ2) is 5.63. The van der Waals surface area contributed by atoms with Crippen molar-refractivity contribution in [2.45, 2.75) is 12.3 Å². The second-order valence-electron chi connectivity index (χ2n) is 4.89. The number of halogens is 3. The van der Waals surface area contributed by atoms with Gasteiger partial charge in [-0.05, 0) is 36.2 Å². The Morgan fingerprint density at radius 2 is 1.62 bits per heavy atom. The molecule has 1 atom stereocenters. The fraction of sp³-hybridized carbons (Fsp3) is 0.133. The van der Waals surface area contributed by atoms with Crippen LogP contribution in [-0.2, 0) is 0 Å². The van der Waals surface area contributed by atoms with E-state index < -0.39 is 0 Å². The third kappa shape index (κ3) is 2.82. The Balaban J connectivity index is 2.16. The number of aromatic amines is 2. The van der Waals surface area contributed by atoms with Crippen molar-refractivity contribution < 1.29 is 0 Å². The predicted octanol–water partition coefficient (Wildman–Crippen LogP) is 5.02. The SMILES string of the molecule is Cc1ccc(Br)c(C(Cl)c2cc3[nH]c(=O)[nH]c3cc2Br)c1. The van der Waals surface area contributed by atoms with Crippen LogP contribution in [0.2, 0.25) is 0 Å². The van der Waals surface area contributed by atoms with Crippen LogP contribution in [0.1, 0.15) is 22.1 Å². The number of aromatic nitrogens is 2. The fourth-order valence-corrected chi connectivity index (χ4v) is 3.96. The number of aryl methyl sites for hydroxylation is 1. The molecular weight excluding hydrogens is 419 g/mol. The van der Waals surface area contributed by atoms with Crippen molar-refractivity contribution in [2.24, 2.45) is 0 Å². The molecule has 0 aliphatic carbocycles. The van der Waals surface area contributed by atoms with Crippen LogP contribution in [0.3, 0.4) is 0 Å². The Hall–Kier alpha value is -1.04. The molecule has 0 radical (unpaired) electrons. The van der Waals surface area contributed by atoms with Crippen LogP contribution in [0.4, 0.5) is 0 Å². The zero-order valence-corrected chi connectivity index (χ0v) is 14.9. The molecule has 2 aromatic carbocycles. The molecule has 0 aliphatic rings. The maximum atomic E-state index is 11.4. The Morgan fingerprint density at radius 3 is 2.33 bits per heavy atom. The van der Waals surface area contributed by atoms with Crippen LogP contribution in [-0.4, -0.2) is 9.97 Å². The van der Waals surface area contributed by atoms with E-state index in [0.717, 1.165) is 36.7 Å². The van der Waals surface area contributed by atoms with Crippen LogP contribution in [0.15, 0.2) is 44.1 Å². The first-order valence-electron chi connectivity index (χ1n) is 6.27. The van der Waals surface area contributed by atoms with Crippen molar-refractivity contribution in [3.63, 3.8) is 0 Å². The third-order valence-corrected chi connectivity index (χ3v) is 5.21. The van der Waals surface area contributed by atoms with E-state index in [-0.39, 0.29) is 11.1 Å². The summed E-state index contributed by atoms with van der Waals surface area (Å²) in [5, 5.41) is -0.323. The molecule has 1 aromatic heterocycles. The average molecular weight is 431 g/mol. The Labute approximate surface area is 143 Å². The van der Waals surface area contributed by atoms with E-state index >= 15 is 0 Å². The molecule has 21 heavy (non-hydrogen) atoms. The molecule has 0 fully saturated rings. The summed E-state index contributed by atoms with van der Waals surface area (Å²) in [6.45, 7) is 2.03. The summed E-state index contributed by atoms with van der Waals surface area (Å²) in [5.41, 5.74) is 4.32. The summed E-state index contributed by atoms with van der Waals surface area (Å²) < 4.78 is 1.82. The van der Waals surface area contributed by atoms with E-state index in [1.165, 1.54) is 0 Å². The topological polar surface area (TPSA) is 48.6 Å². The standard InChI is InChI=1S/C15H11Br2ClN2O/c1-7-2-3-10(16)8(4-7)14(18)9-5-12-13(6-11(9)17)20-15(21)19-12/h2-6,14H,1H3,(H2,19,20,21). The molecule has 0 aliphatic heterocycles. The lowest BCUT2D eigenvalue weighted by atomic mass is 10.0. The number of fused-ring (bicyclic) bond motifs is 1. The quantitative estimate of drug-likeness (QED) is 0.551. The summed E-state index contributed by atoms with van der Waals surface area (Å²) in [7, 11) is 0. The molecule has 3 nitrogen and oxygen atoms in total. The molecule has 1 heterocycles. The summed E-state index contributed by atoms with van der Waals surface area (Å²) in [5.74, 6) is 0. The van der Waals surface area contributed by atoms with E-state index in [1.54, 1.807) is 0 Å². The summed E-state index contributed by atoms with van der Waals surface area (Å²) in [6, 6.07) is 9.83. The molecule has 2 N–H and O–H groups in total. The minimum atomic E-state index is -0.323. The van der Waals surface area contributed by atoms with Gasteiger partial charge in [0.1, 0.15) is 0 Å². The number of benzene rings is 2. The minimum absolute atomic E-state index is 0.225. The molecule has 0 bridgehead atoms. The number of hydrogen-bond donors (Lipinski definition) is 2. The summed E-state index contributed by atoms with van der Waals surface area (Å²) in [6.07, 6.45) is 0. The number of hydrogen-bond acceptors (Lipinski definition) is 1. The number of alkyl halides is 1. The van der Waals surface area contributed by atoms with Gasteiger partial charge in [-0.3, -0.25) is 0 Å². The molecule has 1 unspecified atom stereocenters. The number of rotatable bonds is 2. The Morgan fingerprint density at radius 1 is 1.00 bits per heavy atom. The molecule has 0 spiro atoms. The van der Waals surface area contributed by atoms with Crippen molar-refractivity contribution >= 4 is 54.5 Å². The highest BCUT2D eigenvalue weighted by Crippen LogP contribution is 2.38. The van der Waals surface area contributed by atoms with Gasteiger partial charge in [0.2, 0.25) is 0 Å². The lowest BCUT2D eigenvalue weighted by Crippen LogP contribution is -1.99. The highest BCUT2D eigenvalue weighted by atomic mass is 79.9. The van der Waals surface area contributed by atoms with Gasteiger partial charge in [0.05, 0.1) is 16.4 Å². The lowest BCUT2D eigenvalue weighted by molar-refractivity contribution is 1.11. The highest BCUT2D eigenvalue weighted by molar-refractivity contribution is 9.10. The zero-order chi connectivity index (χ0) is 15.1. The number of nitrogens with one attached hydrogen (secondary N) is 2. The summed E-state index contributed by atoms with van der Waals surface area (Å²) >= 11 is 13.7. The maximum Gasteiger partial charge on any atom is 0.323 e. The van der Waals surface area contributed by atoms with E-state index in [0.29, 0.717) is 0 Å². The third-order valence-electron chi connectivity index (χ3n) is 3.33. The molecule has 6 heteroatoms. The van der Waals surface area contributed by atoms with Crippen LogP contribution in [0, 0.1) is 6.92 Å². The smallest absolute Gasteiger partial charge is 0.306 e. The van der Waals surface area contributed by atoms with Gasteiger partial charge in [-0.25, -0.2) is 4.79 Å². The fourth-order valence-electron chi connectivity index (χ4n) is 2.29. The first kappa shape index (κ1) is 14.9. The largest absolute Gasteiger partial charge is 0.323 e. The average Bonchev–Trinajstić information content (AvgIpc) is 2.79. The van der Waals surface area contributed by atoms with Crippen LogP contribution in [0.25, 0.3) is 11.0 Å². The van der Waals surface area contributed by atoms with Gasteiger partial charge >= 0.3 is 5.69 Å². The van der Waals surface area contributed by atoms with Crippen molar-refractivity contribution in [3.8, 4) is 0 Å². The van der Waals surface area contributed by atoms with Crippen molar-refractivity contribution in [1.29, 1.82) is 0 Å². The predicted molar refractivity (Wildman–Crippen MR) is 93.2 cm³/mol. The van der Waals surface area contributed by atoms with Crippen LogP contribution in [0.5, 0.6) is 0 Å². The second-order valence-corrected chi connectivity index (χ2v) is 7.03. The van der Waals surface area contributed by atoms with Gasteiger partial charge in [-0.15, -0.1) is 11.6 Å². The van der Waals surface area contributed by atoms with Crippen molar-refractivity contribution in [1.82, 2.24) is 9.97 Å². The molecule has 0 saturated carbocycles. The van der Waals surface area contributed by atoms with E-state index in [1.807, 2.05) is 31.2 Å². The van der Waals surface area contributed by atoms with Crippen LogP contribution >= 0.6 is 43.5 Å². The number of H-pyrrole nitrogens is 2. The Kier molecular flexibility index (Phi) is 3.99. The monoisotopic (exact) mass is 428 g/mol. The zero-order valence-electron chi connectivity index (χ0n) is 11.0. The summed E-state index contributed by atoms with van der Waals surface area (Å²) in [4.78, 5) is 16.9. The van der Waals surface area contributed by atoms with Gasteiger partial charge in [-0.2, -0.15) is 0 Å². The molecular formula is C15H11Br2ClN2O. The van der Waals surface area contributed by atoms with Crippen LogP contribution < -0.4 is 5.69 Å². The first-order chi connectivity index (χ1) is 9.95. The van der Waals surface area contributed by atoms with Gasteiger partial charge in [0.25, 0.3) is 0 Å². The van der Waals surface area contributed by atoms with Gasteiger partial charge in [0.15, 0.2) is 0 Å². The Bertz CT molecular complexity index is 885. The van der Waals surface area contributed by atoms with E-state index in [9.17, 15) is 4.79 Å². The highest BCUT2D eigenvalue weighted by Gasteiger charge is 2.18. The molecule has 3 aromatic rings. The minimum Gasteiger partial charge on any atom is -0.306 e. The van der Waals surface area contributed by atoms with Gasteiger partial charge in [0, 0.05) is 8.95 Å². The van der Waals surface area contributed by atoms with E-state index in [2.05, 4.69) is 47.9 Å². The van der Waals surface area contributed by atoms with Crippen molar-refractivity contribution in [2.75, 3.05) is 0 Å². The lowest BCUT2D eigenvalue weighted by Gasteiger charge is -2.15.